The van der Waals surface area contributed by atoms with Gasteiger partial charge in [-0.15, -0.1) is 0 Å². The highest BCUT2D eigenvalue weighted by molar-refractivity contribution is 5.92. The van der Waals surface area contributed by atoms with E-state index in [1.807, 2.05) is 6.92 Å². The summed E-state index contributed by atoms with van der Waals surface area (Å²) in [4.78, 5) is 53.1. The van der Waals surface area contributed by atoms with Crippen molar-refractivity contribution in [3.05, 3.63) is 29.8 Å². The number of nitrogens with one attached hydrogen (secondary N) is 2. The number of primary amides is 1. The van der Waals surface area contributed by atoms with E-state index < -0.39 is 35.6 Å². The van der Waals surface area contributed by atoms with E-state index in [4.69, 9.17) is 10.5 Å². The Balaban J connectivity index is 3.45. The van der Waals surface area contributed by atoms with Crippen molar-refractivity contribution in [2.75, 3.05) is 13.1 Å². The number of hydrogen-bond donors (Lipinski definition) is 4. The molecule has 0 aliphatic heterocycles. The monoisotopic (exact) mass is 534 g/mol. The fourth-order valence-electron chi connectivity index (χ4n) is 3.92. The predicted octanol–water partition coefficient (Wildman–Crippen LogP) is 3.92. The first-order valence-electron chi connectivity index (χ1n) is 13.5. The molecule has 2 atom stereocenters. The van der Waals surface area contributed by atoms with Gasteiger partial charge in [0.15, 0.2) is 0 Å². The number of carbonyl (C=O) groups excluding carboxylic acids is 4. The maximum Gasteiger partial charge on any atom is 0.408 e. The van der Waals surface area contributed by atoms with E-state index in [1.165, 1.54) is 17.0 Å². The fraction of sp³-hybridized carbons (Fsp3) is 0.643. The quantitative estimate of drug-likeness (QED) is 0.236. The molecule has 0 saturated heterocycles. The zero-order valence-corrected chi connectivity index (χ0v) is 23.5. The highest BCUT2D eigenvalue weighted by Gasteiger charge is 2.36. The minimum atomic E-state index is -1.15. The summed E-state index contributed by atoms with van der Waals surface area (Å²) in [5.41, 5.74) is 4.98. The molecule has 0 aliphatic rings. The molecule has 1 aromatic rings. The van der Waals surface area contributed by atoms with Crippen molar-refractivity contribution in [3.8, 4) is 5.75 Å². The number of carbonyl (C=O) groups is 4. The molecule has 0 heterocycles. The Morgan fingerprint density at radius 3 is 2.32 bits per heavy atom. The Morgan fingerprint density at radius 1 is 1.05 bits per heavy atom. The van der Waals surface area contributed by atoms with Gasteiger partial charge in [0.2, 0.25) is 17.7 Å². The number of unbranched alkanes of at least 4 members (excludes halogenated alkanes) is 4. The third-order valence-corrected chi connectivity index (χ3v) is 5.78. The average molecular weight is 535 g/mol. The van der Waals surface area contributed by atoms with E-state index in [9.17, 15) is 24.3 Å². The second kappa shape index (κ2) is 16.5. The molecule has 0 saturated carbocycles. The van der Waals surface area contributed by atoms with Gasteiger partial charge in [-0.3, -0.25) is 14.4 Å². The van der Waals surface area contributed by atoms with Crippen LogP contribution in [0.15, 0.2) is 24.3 Å². The number of phenols is 1. The molecule has 10 nitrogen and oxygen atoms in total. The highest BCUT2D eigenvalue weighted by Crippen LogP contribution is 2.27. The number of amides is 4. The number of benzene rings is 1. The predicted molar refractivity (Wildman–Crippen MR) is 146 cm³/mol. The van der Waals surface area contributed by atoms with Crippen LogP contribution in [0.3, 0.4) is 0 Å². The summed E-state index contributed by atoms with van der Waals surface area (Å²) >= 11 is 0. The summed E-state index contributed by atoms with van der Waals surface area (Å²) in [6.07, 6.45) is 4.06. The lowest BCUT2D eigenvalue weighted by atomic mass is 10.0. The summed E-state index contributed by atoms with van der Waals surface area (Å²) < 4.78 is 5.34. The topological polar surface area (TPSA) is 151 Å². The van der Waals surface area contributed by atoms with Crippen molar-refractivity contribution in [1.82, 2.24) is 15.5 Å². The number of ether oxygens (including phenoxy) is 1. The van der Waals surface area contributed by atoms with Crippen LogP contribution in [-0.4, -0.2) is 58.6 Å². The Labute approximate surface area is 226 Å². The van der Waals surface area contributed by atoms with Crippen LogP contribution < -0.4 is 16.4 Å². The van der Waals surface area contributed by atoms with Gasteiger partial charge in [-0.1, -0.05) is 51.7 Å². The van der Waals surface area contributed by atoms with Gasteiger partial charge in [0.1, 0.15) is 23.4 Å². The summed E-state index contributed by atoms with van der Waals surface area (Å²) in [5, 5.41) is 15.6. The molecule has 0 aliphatic carbocycles. The summed E-state index contributed by atoms with van der Waals surface area (Å²) in [7, 11) is 0. The molecule has 38 heavy (non-hydrogen) atoms. The fourth-order valence-corrected chi connectivity index (χ4v) is 3.92. The van der Waals surface area contributed by atoms with Gasteiger partial charge in [0.05, 0.1) is 0 Å². The van der Waals surface area contributed by atoms with Gasteiger partial charge in [0, 0.05) is 19.5 Å². The van der Waals surface area contributed by atoms with Crippen LogP contribution in [0.2, 0.25) is 0 Å². The van der Waals surface area contributed by atoms with Gasteiger partial charge in [0.25, 0.3) is 0 Å². The molecule has 10 heteroatoms. The lowest BCUT2D eigenvalue weighted by Gasteiger charge is -2.34. The molecular weight excluding hydrogens is 488 g/mol. The van der Waals surface area contributed by atoms with Crippen LogP contribution in [0, 0.1) is 0 Å². The van der Waals surface area contributed by atoms with Crippen molar-refractivity contribution >= 4 is 23.8 Å². The summed E-state index contributed by atoms with van der Waals surface area (Å²) in [6.45, 7) is 9.85. The summed E-state index contributed by atoms with van der Waals surface area (Å²) in [6, 6.07) is 4.03. The van der Waals surface area contributed by atoms with Gasteiger partial charge in [-0.05, 0) is 57.7 Å². The second-order valence-electron chi connectivity index (χ2n) is 10.4. The van der Waals surface area contributed by atoms with Crippen molar-refractivity contribution in [2.24, 2.45) is 5.73 Å². The lowest BCUT2D eigenvalue weighted by Crippen LogP contribution is -2.53. The first-order valence-corrected chi connectivity index (χ1v) is 13.5. The summed E-state index contributed by atoms with van der Waals surface area (Å²) in [5.74, 6) is -1.58. The zero-order chi connectivity index (χ0) is 28.7. The minimum absolute atomic E-state index is 0.0376. The first-order chi connectivity index (χ1) is 17.9. The van der Waals surface area contributed by atoms with E-state index >= 15 is 0 Å². The van der Waals surface area contributed by atoms with Crippen LogP contribution in [0.5, 0.6) is 5.75 Å². The Morgan fingerprint density at radius 2 is 1.74 bits per heavy atom. The highest BCUT2D eigenvalue weighted by atomic mass is 16.6. The van der Waals surface area contributed by atoms with Gasteiger partial charge < -0.3 is 31.1 Å². The zero-order valence-electron chi connectivity index (χ0n) is 23.5. The van der Waals surface area contributed by atoms with E-state index in [1.54, 1.807) is 32.9 Å². The van der Waals surface area contributed by atoms with Crippen LogP contribution in [0.25, 0.3) is 0 Å². The molecule has 0 radical (unpaired) electrons. The number of aromatic hydroxyl groups is 1. The second-order valence-corrected chi connectivity index (χ2v) is 10.4. The number of alkyl carbamates (subject to hydrolysis) is 1. The third-order valence-electron chi connectivity index (χ3n) is 5.78. The number of nitrogens with two attached hydrogens (primary N) is 1. The molecule has 0 aromatic heterocycles. The number of hydrogen-bond acceptors (Lipinski definition) is 6. The molecule has 4 amide bonds. The normalized spacial score (nSPS) is 12.8. The molecule has 214 valence electrons. The Bertz CT molecular complexity index is 915. The van der Waals surface area contributed by atoms with Crippen molar-refractivity contribution in [1.29, 1.82) is 0 Å². The largest absolute Gasteiger partial charge is 0.508 e. The van der Waals surface area contributed by atoms with Crippen LogP contribution in [-0.2, 0) is 19.1 Å². The first kappa shape index (κ1) is 32.7. The standard InChI is InChI=1S/C28H46N4O6/c1-6-8-10-11-18-32(24(25(35)30-17-9-7-2)20-13-12-14-21(33)19-20)26(36)22(15-16-23(29)34)31-27(37)38-28(3,4)5/h12-14,19,22,24,33H,6-11,15-18H2,1-5H3,(H2,29,34)(H,30,35)(H,31,37). The van der Waals surface area contributed by atoms with Crippen LogP contribution in [0.1, 0.15) is 97.6 Å². The molecule has 1 aromatic carbocycles. The van der Waals surface area contributed by atoms with E-state index in [2.05, 4.69) is 17.6 Å². The Kier molecular flexibility index (Phi) is 14.2. The van der Waals surface area contributed by atoms with E-state index in [-0.39, 0.29) is 31.0 Å². The van der Waals surface area contributed by atoms with Crippen molar-refractivity contribution in [2.45, 2.75) is 104 Å². The molecular formula is C28H46N4O6. The van der Waals surface area contributed by atoms with Crippen LogP contribution in [0.4, 0.5) is 4.79 Å². The van der Waals surface area contributed by atoms with E-state index in [0.717, 1.165) is 32.1 Å². The van der Waals surface area contributed by atoms with Crippen molar-refractivity contribution in [3.63, 3.8) is 0 Å². The minimum Gasteiger partial charge on any atom is -0.508 e. The number of nitrogens with zero attached hydrogens (tertiary/aromatic N) is 1. The smallest absolute Gasteiger partial charge is 0.408 e. The number of rotatable bonds is 16. The van der Waals surface area contributed by atoms with Gasteiger partial charge >= 0.3 is 6.09 Å². The van der Waals surface area contributed by atoms with Gasteiger partial charge in [-0.2, -0.15) is 0 Å². The lowest BCUT2D eigenvalue weighted by molar-refractivity contribution is -0.142. The third kappa shape index (κ3) is 12.3. The average Bonchev–Trinajstić information content (AvgIpc) is 2.82. The maximum atomic E-state index is 14.0. The maximum absolute atomic E-state index is 14.0. The van der Waals surface area contributed by atoms with Gasteiger partial charge in [-0.25, -0.2) is 4.79 Å². The van der Waals surface area contributed by atoms with Crippen LogP contribution >= 0.6 is 0 Å². The Hall–Kier alpha value is -3.30. The van der Waals surface area contributed by atoms with E-state index in [0.29, 0.717) is 18.5 Å². The molecule has 2 unspecified atom stereocenters. The molecule has 0 spiro atoms. The van der Waals surface area contributed by atoms with Crippen molar-refractivity contribution < 1.29 is 29.0 Å². The molecule has 0 bridgehead atoms. The molecule has 0 fully saturated rings. The molecule has 5 N–H and O–H groups in total. The number of phenolic OH excluding ortho intramolecular Hbond substituents is 1. The molecule has 1 rings (SSSR count). The SMILES string of the molecule is CCCCCCN(C(=O)C(CCC(N)=O)NC(=O)OC(C)(C)C)C(C(=O)NCCCC)c1cccc(O)c1.